The van der Waals surface area contributed by atoms with E-state index in [4.69, 9.17) is 10.7 Å². The number of aliphatic carboxylic acids is 1. The van der Waals surface area contributed by atoms with Crippen molar-refractivity contribution in [2.75, 3.05) is 0 Å². The summed E-state index contributed by atoms with van der Waals surface area (Å²) in [6.45, 7) is 0. The predicted octanol–water partition coefficient (Wildman–Crippen LogP) is 3.40. The lowest BCUT2D eigenvalue weighted by molar-refractivity contribution is -0.132. The molecule has 0 spiro atoms. The van der Waals surface area contributed by atoms with E-state index in [2.05, 4.69) is 6.08 Å². The van der Waals surface area contributed by atoms with Gasteiger partial charge in [-0.3, -0.25) is 4.98 Å². The summed E-state index contributed by atoms with van der Waals surface area (Å²) in [5, 5.41) is 9.41. The molecule has 0 bridgehead atoms. The van der Waals surface area contributed by atoms with Gasteiger partial charge in [0.1, 0.15) is 0 Å². The van der Waals surface area contributed by atoms with E-state index in [-0.39, 0.29) is 12.0 Å². The molecule has 0 fully saturated rings. The largest absolute Gasteiger partial charge is 0.478 e. The zero-order chi connectivity index (χ0) is 16.7. The zero-order valence-electron chi connectivity index (χ0n) is 13.0. The van der Waals surface area contributed by atoms with Crippen molar-refractivity contribution in [1.29, 1.82) is 0 Å². The zero-order valence-corrected chi connectivity index (χ0v) is 13.0. The van der Waals surface area contributed by atoms with E-state index in [0.717, 1.165) is 40.1 Å². The van der Waals surface area contributed by atoms with Crippen LogP contribution in [0.1, 0.15) is 23.4 Å². The van der Waals surface area contributed by atoms with Crippen LogP contribution in [0.5, 0.6) is 0 Å². The molecule has 2 aromatic rings. The normalized spacial score (nSPS) is 15.6. The number of nitrogens with two attached hydrogens (primary N) is 1. The van der Waals surface area contributed by atoms with E-state index in [1.54, 1.807) is 0 Å². The Kier molecular flexibility index (Phi) is 3.31. The lowest BCUT2D eigenvalue weighted by Gasteiger charge is -2.13. The van der Waals surface area contributed by atoms with E-state index < -0.39 is 5.97 Å². The van der Waals surface area contributed by atoms with Crippen LogP contribution in [-0.4, -0.2) is 16.1 Å². The molecule has 0 amide bonds. The fourth-order valence-electron chi connectivity index (χ4n) is 3.28. The smallest absolute Gasteiger partial charge is 0.334 e. The van der Waals surface area contributed by atoms with Gasteiger partial charge in [-0.1, -0.05) is 48.6 Å². The van der Waals surface area contributed by atoms with Gasteiger partial charge in [0.2, 0.25) is 0 Å². The number of hydrogen-bond donors (Lipinski definition) is 2. The molecule has 4 heteroatoms. The third-order valence-electron chi connectivity index (χ3n) is 4.48. The number of hydrogen-bond acceptors (Lipinski definition) is 3. The molecular formula is C20H16N2O2. The van der Waals surface area contributed by atoms with Crippen LogP contribution in [0.4, 0.5) is 0 Å². The monoisotopic (exact) mass is 316 g/mol. The molecule has 0 unspecified atom stereocenters. The Labute approximate surface area is 139 Å². The van der Waals surface area contributed by atoms with Crippen LogP contribution in [0.25, 0.3) is 22.4 Å². The van der Waals surface area contributed by atoms with Crippen LogP contribution in [-0.2, 0) is 11.2 Å². The molecule has 0 radical (unpaired) electrons. The Bertz CT molecular complexity index is 938. The highest BCUT2D eigenvalue weighted by Crippen LogP contribution is 2.38. The van der Waals surface area contributed by atoms with Crippen LogP contribution in [0, 0.1) is 0 Å². The summed E-state index contributed by atoms with van der Waals surface area (Å²) in [6, 6.07) is 11.9. The van der Waals surface area contributed by atoms with Gasteiger partial charge in [0.25, 0.3) is 0 Å². The second-order valence-electron chi connectivity index (χ2n) is 5.94. The van der Waals surface area contributed by atoms with Crippen molar-refractivity contribution in [1.82, 2.24) is 4.98 Å². The van der Waals surface area contributed by atoms with Crippen molar-refractivity contribution in [2.24, 2.45) is 5.73 Å². The summed E-state index contributed by atoms with van der Waals surface area (Å²) < 4.78 is 0. The standard InChI is InChI=1S/C20H16N2O2/c21-19-15(20(23)24)11-17-18(19)14(12-6-2-1-3-7-12)10-16(22-17)13-8-4-5-9-13/h1-8,10H,9,11,21H2,(H,23,24). The molecule has 2 aliphatic rings. The first kappa shape index (κ1) is 14.5. The number of carboxylic acids is 1. The first-order valence-corrected chi connectivity index (χ1v) is 7.83. The van der Waals surface area contributed by atoms with Crippen molar-refractivity contribution in [2.45, 2.75) is 12.8 Å². The number of carboxylic acid groups (broad SMARTS) is 1. The van der Waals surface area contributed by atoms with Crippen molar-refractivity contribution < 1.29 is 9.90 Å². The maximum absolute atomic E-state index is 11.5. The number of nitrogens with zero attached hydrogens (tertiary/aromatic N) is 1. The second kappa shape index (κ2) is 5.49. The number of rotatable bonds is 3. The summed E-state index contributed by atoms with van der Waals surface area (Å²) in [4.78, 5) is 16.2. The van der Waals surface area contributed by atoms with Crippen LogP contribution in [0.3, 0.4) is 0 Å². The van der Waals surface area contributed by atoms with E-state index in [9.17, 15) is 9.90 Å². The van der Waals surface area contributed by atoms with Gasteiger partial charge in [0.05, 0.1) is 22.7 Å². The molecule has 0 saturated heterocycles. The van der Waals surface area contributed by atoms with Crippen LogP contribution in [0.15, 0.2) is 60.2 Å². The SMILES string of the molecule is NC1=C(C(=O)O)Cc2nc(C3=CC=CC3)cc(-c3ccccc3)c21. The summed E-state index contributed by atoms with van der Waals surface area (Å²) in [5.74, 6) is -0.979. The minimum absolute atomic E-state index is 0.227. The number of fused-ring (bicyclic) bond motifs is 1. The number of benzene rings is 1. The Morgan fingerprint density at radius 3 is 2.67 bits per heavy atom. The third-order valence-corrected chi connectivity index (χ3v) is 4.48. The van der Waals surface area contributed by atoms with Crippen molar-refractivity contribution >= 4 is 17.2 Å². The topological polar surface area (TPSA) is 76.2 Å². The maximum Gasteiger partial charge on any atom is 0.334 e. The summed E-state index contributed by atoms with van der Waals surface area (Å²) in [5.41, 5.74) is 12.2. The van der Waals surface area contributed by atoms with Crippen molar-refractivity contribution in [3.05, 3.63) is 77.2 Å². The van der Waals surface area contributed by atoms with Crippen molar-refractivity contribution in [3.8, 4) is 11.1 Å². The number of allylic oxidation sites excluding steroid dienone is 4. The van der Waals surface area contributed by atoms with E-state index >= 15 is 0 Å². The van der Waals surface area contributed by atoms with Gasteiger partial charge in [-0.25, -0.2) is 4.79 Å². The van der Waals surface area contributed by atoms with Gasteiger partial charge in [-0.05, 0) is 29.2 Å². The predicted molar refractivity (Wildman–Crippen MR) is 93.9 cm³/mol. The highest BCUT2D eigenvalue weighted by Gasteiger charge is 2.29. The average molecular weight is 316 g/mol. The van der Waals surface area contributed by atoms with E-state index in [1.165, 1.54) is 0 Å². The highest BCUT2D eigenvalue weighted by molar-refractivity contribution is 6.01. The molecule has 24 heavy (non-hydrogen) atoms. The fourth-order valence-corrected chi connectivity index (χ4v) is 3.28. The molecular weight excluding hydrogens is 300 g/mol. The summed E-state index contributed by atoms with van der Waals surface area (Å²) in [6.07, 6.45) is 7.26. The maximum atomic E-state index is 11.5. The molecule has 4 nitrogen and oxygen atoms in total. The Hall–Kier alpha value is -3.14. The molecule has 1 heterocycles. The molecule has 0 atom stereocenters. The molecule has 0 aliphatic heterocycles. The number of aromatic nitrogens is 1. The fraction of sp³-hybridized carbons (Fsp3) is 0.100. The number of carbonyl (C=O) groups is 1. The number of pyridine rings is 1. The third kappa shape index (κ3) is 2.24. The quantitative estimate of drug-likeness (QED) is 0.910. The highest BCUT2D eigenvalue weighted by atomic mass is 16.4. The average Bonchev–Trinajstić information content (AvgIpc) is 3.23. The van der Waals surface area contributed by atoms with E-state index in [1.807, 2.05) is 48.6 Å². The van der Waals surface area contributed by atoms with Gasteiger partial charge in [0.15, 0.2) is 0 Å². The Morgan fingerprint density at radius 2 is 2.00 bits per heavy atom. The van der Waals surface area contributed by atoms with Gasteiger partial charge in [0, 0.05) is 12.0 Å². The molecule has 4 rings (SSSR count). The minimum Gasteiger partial charge on any atom is -0.478 e. The Morgan fingerprint density at radius 1 is 1.21 bits per heavy atom. The molecule has 3 N–H and O–H groups in total. The molecule has 1 aromatic heterocycles. The lowest BCUT2D eigenvalue weighted by Crippen LogP contribution is -2.05. The van der Waals surface area contributed by atoms with Crippen LogP contribution in [0.2, 0.25) is 0 Å². The first-order chi connectivity index (χ1) is 11.6. The molecule has 2 aliphatic carbocycles. The lowest BCUT2D eigenvalue weighted by atomic mass is 9.96. The van der Waals surface area contributed by atoms with Gasteiger partial charge < -0.3 is 10.8 Å². The van der Waals surface area contributed by atoms with Gasteiger partial charge >= 0.3 is 5.97 Å². The minimum atomic E-state index is -0.979. The second-order valence-corrected chi connectivity index (χ2v) is 5.94. The molecule has 118 valence electrons. The van der Waals surface area contributed by atoms with E-state index in [0.29, 0.717) is 5.70 Å². The molecule has 0 saturated carbocycles. The summed E-state index contributed by atoms with van der Waals surface area (Å²) >= 11 is 0. The first-order valence-electron chi connectivity index (χ1n) is 7.83. The molecule has 1 aromatic carbocycles. The Balaban J connectivity index is 1.95. The van der Waals surface area contributed by atoms with Gasteiger partial charge in [-0.2, -0.15) is 0 Å². The van der Waals surface area contributed by atoms with Crippen molar-refractivity contribution in [3.63, 3.8) is 0 Å². The van der Waals surface area contributed by atoms with Gasteiger partial charge in [-0.15, -0.1) is 0 Å². The van der Waals surface area contributed by atoms with Crippen LogP contribution < -0.4 is 5.73 Å². The summed E-state index contributed by atoms with van der Waals surface area (Å²) in [7, 11) is 0. The van der Waals surface area contributed by atoms with Crippen LogP contribution >= 0.6 is 0 Å².